The van der Waals surface area contributed by atoms with Crippen LogP contribution in [0.4, 0.5) is 4.39 Å². The van der Waals surface area contributed by atoms with Gasteiger partial charge in [0.2, 0.25) is 0 Å². The third-order valence-electron chi connectivity index (χ3n) is 1.87. The van der Waals surface area contributed by atoms with Crippen LogP contribution in [-0.4, -0.2) is 21.0 Å². The summed E-state index contributed by atoms with van der Waals surface area (Å²) in [4.78, 5) is 16.4. The number of nitrogens with one attached hydrogen (secondary N) is 1. The van der Waals surface area contributed by atoms with E-state index >= 15 is 0 Å². The molecule has 0 bridgehead atoms. The van der Waals surface area contributed by atoms with Crippen molar-refractivity contribution in [2.24, 2.45) is 0 Å². The number of aromatic nitrogens is 2. The lowest BCUT2D eigenvalue weighted by atomic mass is 10.1. The van der Waals surface area contributed by atoms with Crippen molar-refractivity contribution in [1.29, 1.82) is 0 Å². The lowest BCUT2D eigenvalue weighted by Crippen LogP contribution is -1.99. The van der Waals surface area contributed by atoms with Crippen LogP contribution in [0.2, 0.25) is 0 Å². The van der Waals surface area contributed by atoms with Crippen molar-refractivity contribution in [2.75, 3.05) is 0 Å². The molecule has 0 aliphatic rings. The highest BCUT2D eigenvalue weighted by Gasteiger charge is 2.04. The molecule has 1 heterocycles. The molecule has 0 aliphatic heterocycles. The predicted molar refractivity (Wildman–Crippen MR) is 47.4 cm³/mol. The van der Waals surface area contributed by atoms with Crippen molar-refractivity contribution in [2.45, 2.75) is 6.42 Å². The van der Waals surface area contributed by atoms with E-state index in [2.05, 4.69) is 9.97 Å². The van der Waals surface area contributed by atoms with Gasteiger partial charge >= 0.3 is 5.97 Å². The first-order valence-corrected chi connectivity index (χ1v) is 4.01. The van der Waals surface area contributed by atoms with Gasteiger partial charge in [0, 0.05) is 0 Å². The van der Waals surface area contributed by atoms with Gasteiger partial charge in [0.25, 0.3) is 6.08 Å². The van der Waals surface area contributed by atoms with E-state index in [9.17, 15) is 9.18 Å². The molecular weight excluding hydrogens is 187 g/mol. The second-order valence-corrected chi connectivity index (χ2v) is 2.95. The van der Waals surface area contributed by atoms with Crippen molar-refractivity contribution in [3.8, 4) is 0 Å². The molecule has 1 aromatic carbocycles. The maximum Gasteiger partial charge on any atom is 0.307 e. The molecule has 1 aromatic heterocycles. The first-order chi connectivity index (χ1) is 6.65. The SMILES string of the molecule is O=C(O)Cc1ccc2nc(F)[nH]c2c1. The molecule has 0 spiro atoms. The molecule has 4 nitrogen and oxygen atoms in total. The number of carboxylic acid groups (broad SMARTS) is 1. The highest BCUT2D eigenvalue weighted by molar-refractivity contribution is 5.77. The second-order valence-electron chi connectivity index (χ2n) is 2.95. The number of hydrogen-bond acceptors (Lipinski definition) is 2. The molecule has 2 aromatic rings. The summed E-state index contributed by atoms with van der Waals surface area (Å²) >= 11 is 0. The number of benzene rings is 1. The number of imidazole rings is 1. The fourth-order valence-electron chi connectivity index (χ4n) is 1.31. The summed E-state index contributed by atoms with van der Waals surface area (Å²) in [6.45, 7) is 0. The predicted octanol–water partition coefficient (Wildman–Crippen LogP) is 1.33. The third kappa shape index (κ3) is 1.56. The number of aromatic amines is 1. The van der Waals surface area contributed by atoms with Gasteiger partial charge < -0.3 is 10.1 Å². The third-order valence-corrected chi connectivity index (χ3v) is 1.87. The molecule has 0 saturated heterocycles. The van der Waals surface area contributed by atoms with Crippen LogP contribution in [0.5, 0.6) is 0 Å². The van der Waals surface area contributed by atoms with E-state index in [1.807, 2.05) is 0 Å². The Morgan fingerprint density at radius 2 is 2.36 bits per heavy atom. The number of halogens is 1. The van der Waals surface area contributed by atoms with Crippen LogP contribution in [0, 0.1) is 6.08 Å². The van der Waals surface area contributed by atoms with Gasteiger partial charge in [0.15, 0.2) is 0 Å². The molecule has 2 rings (SSSR count). The van der Waals surface area contributed by atoms with E-state index in [-0.39, 0.29) is 6.42 Å². The molecule has 72 valence electrons. The lowest BCUT2D eigenvalue weighted by Gasteiger charge is -1.95. The highest BCUT2D eigenvalue weighted by atomic mass is 19.1. The largest absolute Gasteiger partial charge is 0.481 e. The Morgan fingerprint density at radius 1 is 1.57 bits per heavy atom. The Hall–Kier alpha value is -1.91. The molecule has 0 saturated carbocycles. The van der Waals surface area contributed by atoms with E-state index in [0.717, 1.165) is 0 Å². The number of carbonyl (C=O) groups is 1. The topological polar surface area (TPSA) is 66.0 Å². The molecular formula is C9H7FN2O2. The smallest absolute Gasteiger partial charge is 0.307 e. The normalized spacial score (nSPS) is 10.6. The number of H-pyrrole nitrogens is 1. The van der Waals surface area contributed by atoms with Crippen molar-refractivity contribution in [3.05, 3.63) is 29.8 Å². The van der Waals surface area contributed by atoms with Gasteiger partial charge in [-0.3, -0.25) is 4.79 Å². The fourth-order valence-corrected chi connectivity index (χ4v) is 1.31. The maximum absolute atomic E-state index is 12.6. The summed E-state index contributed by atoms with van der Waals surface area (Å²) in [5, 5.41) is 8.54. The van der Waals surface area contributed by atoms with E-state index in [1.165, 1.54) is 0 Å². The van der Waals surface area contributed by atoms with Crippen LogP contribution >= 0.6 is 0 Å². The maximum atomic E-state index is 12.6. The van der Waals surface area contributed by atoms with Gasteiger partial charge in [-0.25, -0.2) is 4.98 Å². The minimum atomic E-state index is -0.913. The molecule has 2 N–H and O–H groups in total. The number of aliphatic carboxylic acids is 1. The van der Waals surface area contributed by atoms with Crippen LogP contribution in [0.3, 0.4) is 0 Å². The summed E-state index contributed by atoms with van der Waals surface area (Å²) in [6, 6.07) is 4.80. The standard InChI is InChI=1S/C9H7FN2O2/c10-9-11-6-2-1-5(4-8(13)14)3-7(6)12-9/h1-3H,4H2,(H,11,12)(H,13,14). The molecule has 14 heavy (non-hydrogen) atoms. The van der Waals surface area contributed by atoms with Gasteiger partial charge in [0.05, 0.1) is 17.5 Å². The molecule has 0 fully saturated rings. The number of fused-ring (bicyclic) bond motifs is 1. The number of nitrogens with zero attached hydrogens (tertiary/aromatic N) is 1. The Kier molecular flexibility index (Phi) is 1.92. The fraction of sp³-hybridized carbons (Fsp3) is 0.111. The van der Waals surface area contributed by atoms with Crippen LogP contribution in [0.15, 0.2) is 18.2 Å². The highest BCUT2D eigenvalue weighted by Crippen LogP contribution is 2.13. The van der Waals surface area contributed by atoms with Crippen molar-refractivity contribution in [3.63, 3.8) is 0 Å². The average molecular weight is 194 g/mol. The second kappa shape index (κ2) is 3.10. The summed E-state index contributed by atoms with van der Waals surface area (Å²) in [5.74, 6) is -0.913. The Labute approximate surface area is 78.4 Å². The van der Waals surface area contributed by atoms with Crippen LogP contribution in [-0.2, 0) is 11.2 Å². The van der Waals surface area contributed by atoms with Crippen molar-refractivity contribution < 1.29 is 14.3 Å². The lowest BCUT2D eigenvalue weighted by molar-refractivity contribution is -0.136. The van der Waals surface area contributed by atoms with Gasteiger partial charge in [-0.2, -0.15) is 4.39 Å². The summed E-state index contributed by atoms with van der Waals surface area (Å²) in [5.41, 5.74) is 1.63. The summed E-state index contributed by atoms with van der Waals surface area (Å²) < 4.78 is 12.6. The quantitative estimate of drug-likeness (QED) is 0.757. The number of hydrogen-bond donors (Lipinski definition) is 2. The van der Waals surface area contributed by atoms with Gasteiger partial charge in [-0.1, -0.05) is 6.07 Å². The van der Waals surface area contributed by atoms with Gasteiger partial charge in [0.1, 0.15) is 0 Å². The summed E-state index contributed by atoms with van der Waals surface area (Å²) in [7, 11) is 0. The van der Waals surface area contributed by atoms with Crippen LogP contribution in [0.1, 0.15) is 5.56 Å². The molecule has 0 radical (unpaired) electrons. The monoisotopic (exact) mass is 194 g/mol. The molecule has 0 aliphatic carbocycles. The Bertz CT molecular complexity index is 493. The first kappa shape index (κ1) is 8.68. The van der Waals surface area contributed by atoms with E-state index in [0.29, 0.717) is 16.6 Å². The molecule has 0 unspecified atom stereocenters. The Morgan fingerprint density at radius 3 is 3.07 bits per heavy atom. The van der Waals surface area contributed by atoms with Crippen molar-refractivity contribution >= 4 is 17.0 Å². The molecule has 0 atom stereocenters. The van der Waals surface area contributed by atoms with Gasteiger partial charge in [-0.15, -0.1) is 0 Å². The molecule has 5 heteroatoms. The van der Waals surface area contributed by atoms with E-state index in [4.69, 9.17) is 5.11 Å². The number of rotatable bonds is 2. The van der Waals surface area contributed by atoms with Crippen LogP contribution < -0.4 is 0 Å². The Balaban J connectivity index is 2.45. The minimum absolute atomic E-state index is 0.0728. The zero-order valence-corrected chi connectivity index (χ0v) is 7.12. The van der Waals surface area contributed by atoms with E-state index < -0.39 is 12.0 Å². The van der Waals surface area contributed by atoms with Gasteiger partial charge in [-0.05, 0) is 17.7 Å². The minimum Gasteiger partial charge on any atom is -0.481 e. The average Bonchev–Trinajstić information content (AvgIpc) is 2.42. The summed E-state index contributed by atoms with van der Waals surface area (Å²) in [6.07, 6.45) is -0.733. The zero-order chi connectivity index (χ0) is 10.1. The van der Waals surface area contributed by atoms with E-state index in [1.54, 1.807) is 18.2 Å². The van der Waals surface area contributed by atoms with Crippen molar-refractivity contribution in [1.82, 2.24) is 9.97 Å². The number of carboxylic acids is 1. The van der Waals surface area contributed by atoms with Crippen LogP contribution in [0.25, 0.3) is 11.0 Å². The first-order valence-electron chi connectivity index (χ1n) is 4.01. The zero-order valence-electron chi connectivity index (χ0n) is 7.12. The molecule has 0 amide bonds.